The van der Waals surface area contributed by atoms with Gasteiger partial charge in [0.1, 0.15) is 18.8 Å². The van der Waals surface area contributed by atoms with Crippen LogP contribution in [0, 0.1) is 11.8 Å². The number of allylic oxidation sites excluding steroid dienone is 3. The molecule has 0 bridgehead atoms. The number of carbonyl (C=O) groups is 2. The summed E-state index contributed by atoms with van der Waals surface area (Å²) in [7, 11) is 0. The van der Waals surface area contributed by atoms with Crippen LogP contribution in [0.5, 0.6) is 5.19 Å². The molecule has 1 heterocycles. The zero-order chi connectivity index (χ0) is 21.1. The normalized spacial score (nSPS) is 22.9. The Morgan fingerprint density at radius 2 is 2.21 bits per heavy atom. The van der Waals surface area contributed by atoms with Gasteiger partial charge in [-0.3, -0.25) is 9.59 Å². The van der Waals surface area contributed by atoms with Crippen molar-refractivity contribution in [1.29, 1.82) is 0 Å². The molecule has 8 heteroatoms. The first kappa shape index (κ1) is 23.1. The summed E-state index contributed by atoms with van der Waals surface area (Å²) in [6.45, 7) is 1.56. The standard InChI is InChI=1S/C21H29NO6S/c1-15(23)28-19-11-9-16(18(19)6-4-2-3-5-7-20(25)26)8-10-17(24)14-27-21-22-12-13-29-21/h2,4,8,10,12-13,16-19,24H,3,5-7,9,11,14H2,1H3,(H,25,26)/t16-,17?,18+,19?/m0/s1. The number of aliphatic hydroxyl groups excluding tert-OH is 1. The van der Waals surface area contributed by atoms with E-state index in [1.165, 1.54) is 18.3 Å². The minimum atomic E-state index is -0.785. The van der Waals surface area contributed by atoms with E-state index >= 15 is 0 Å². The number of unbranched alkanes of at least 4 members (excludes halogenated alkanes) is 1. The van der Waals surface area contributed by atoms with Crippen molar-refractivity contribution in [3.05, 3.63) is 35.9 Å². The highest BCUT2D eigenvalue weighted by Crippen LogP contribution is 2.38. The maximum absolute atomic E-state index is 11.4. The van der Waals surface area contributed by atoms with E-state index in [9.17, 15) is 14.7 Å². The van der Waals surface area contributed by atoms with E-state index in [1.54, 1.807) is 12.3 Å². The molecule has 1 fully saturated rings. The number of esters is 1. The van der Waals surface area contributed by atoms with Crippen LogP contribution in [0.25, 0.3) is 0 Å². The number of hydrogen-bond acceptors (Lipinski definition) is 7. The Morgan fingerprint density at radius 1 is 1.38 bits per heavy atom. The molecule has 29 heavy (non-hydrogen) atoms. The number of thiazole rings is 1. The van der Waals surface area contributed by atoms with E-state index < -0.39 is 12.1 Å². The Balaban J connectivity index is 1.86. The second kappa shape index (κ2) is 12.4. The average molecular weight is 424 g/mol. The SMILES string of the molecule is CC(=O)OC1CC[C@H](C=CC(O)COc2nccs2)[C@H]1CC=CCCCC(=O)O. The lowest BCUT2D eigenvalue weighted by atomic mass is 9.90. The number of aliphatic hydroxyl groups is 1. The molecule has 1 aliphatic rings. The van der Waals surface area contributed by atoms with Gasteiger partial charge in [0.25, 0.3) is 5.19 Å². The third kappa shape index (κ3) is 8.79. The van der Waals surface area contributed by atoms with Crippen LogP contribution in [0.3, 0.4) is 0 Å². The van der Waals surface area contributed by atoms with Gasteiger partial charge in [-0.15, -0.1) is 0 Å². The van der Waals surface area contributed by atoms with E-state index in [-0.39, 0.29) is 36.9 Å². The molecular formula is C21H29NO6S. The Bertz CT molecular complexity index is 687. The predicted octanol–water partition coefficient (Wildman–Crippen LogP) is 3.60. The molecule has 160 valence electrons. The number of rotatable bonds is 12. The lowest BCUT2D eigenvalue weighted by Crippen LogP contribution is -2.23. The topological polar surface area (TPSA) is 106 Å². The fourth-order valence-electron chi connectivity index (χ4n) is 3.49. The third-order valence-corrected chi connectivity index (χ3v) is 5.52. The van der Waals surface area contributed by atoms with Gasteiger partial charge < -0.3 is 19.7 Å². The lowest BCUT2D eigenvalue weighted by molar-refractivity contribution is -0.148. The number of aliphatic carboxylic acids is 1. The number of hydrogen-bond donors (Lipinski definition) is 2. The summed E-state index contributed by atoms with van der Waals surface area (Å²) in [5.41, 5.74) is 0. The van der Waals surface area contributed by atoms with Crippen molar-refractivity contribution in [2.45, 2.75) is 57.7 Å². The monoisotopic (exact) mass is 423 g/mol. The van der Waals surface area contributed by atoms with Gasteiger partial charge in [0, 0.05) is 30.8 Å². The number of carbonyl (C=O) groups excluding carboxylic acids is 1. The molecule has 4 atom stereocenters. The van der Waals surface area contributed by atoms with Crippen LogP contribution in [0.15, 0.2) is 35.9 Å². The van der Waals surface area contributed by atoms with Crippen molar-refractivity contribution in [3.63, 3.8) is 0 Å². The summed E-state index contributed by atoms with van der Waals surface area (Å²) in [6.07, 6.45) is 12.4. The van der Waals surface area contributed by atoms with Crippen LogP contribution in [-0.2, 0) is 14.3 Å². The smallest absolute Gasteiger partial charge is 0.303 e. The molecular weight excluding hydrogens is 394 g/mol. The first-order valence-corrected chi connectivity index (χ1v) is 10.8. The molecule has 0 aromatic carbocycles. The molecule has 2 unspecified atom stereocenters. The van der Waals surface area contributed by atoms with Crippen LogP contribution in [0.2, 0.25) is 0 Å². The number of aromatic nitrogens is 1. The first-order chi connectivity index (χ1) is 14.0. The van der Waals surface area contributed by atoms with Gasteiger partial charge in [-0.25, -0.2) is 4.98 Å². The van der Waals surface area contributed by atoms with E-state index in [0.29, 0.717) is 18.0 Å². The molecule has 0 spiro atoms. The van der Waals surface area contributed by atoms with Crippen LogP contribution >= 0.6 is 11.3 Å². The van der Waals surface area contributed by atoms with E-state index in [0.717, 1.165) is 19.3 Å². The molecule has 0 radical (unpaired) electrons. The summed E-state index contributed by atoms with van der Waals surface area (Å²) in [5, 5.41) is 21.2. The predicted molar refractivity (Wildman–Crippen MR) is 110 cm³/mol. The Morgan fingerprint density at radius 3 is 2.90 bits per heavy atom. The summed E-state index contributed by atoms with van der Waals surface area (Å²) < 4.78 is 10.9. The maximum atomic E-state index is 11.4. The molecule has 2 rings (SSSR count). The van der Waals surface area contributed by atoms with Crippen LogP contribution < -0.4 is 4.74 Å². The molecule has 1 aliphatic carbocycles. The van der Waals surface area contributed by atoms with E-state index in [2.05, 4.69) is 4.98 Å². The molecule has 1 aromatic rings. The fourth-order valence-corrected chi connectivity index (χ4v) is 3.99. The van der Waals surface area contributed by atoms with Crippen molar-refractivity contribution in [1.82, 2.24) is 4.98 Å². The first-order valence-electron chi connectivity index (χ1n) is 9.88. The molecule has 0 saturated heterocycles. The Labute approximate surface area is 175 Å². The minimum Gasteiger partial charge on any atom is -0.481 e. The van der Waals surface area contributed by atoms with Crippen molar-refractivity contribution in [3.8, 4) is 5.19 Å². The van der Waals surface area contributed by atoms with Gasteiger partial charge in [-0.05, 0) is 38.0 Å². The molecule has 1 aromatic heterocycles. The quantitative estimate of drug-likeness (QED) is 0.301. The van der Waals surface area contributed by atoms with Crippen molar-refractivity contribution in [2.24, 2.45) is 11.8 Å². The van der Waals surface area contributed by atoms with Crippen LogP contribution in [0.1, 0.15) is 45.4 Å². The Hall–Kier alpha value is -2.19. The Kier molecular flexibility index (Phi) is 9.87. The average Bonchev–Trinajstić information content (AvgIpc) is 3.31. The highest BCUT2D eigenvalue weighted by molar-refractivity contribution is 7.11. The maximum Gasteiger partial charge on any atom is 0.303 e. The van der Waals surface area contributed by atoms with E-state index in [1.807, 2.05) is 23.6 Å². The molecule has 0 amide bonds. The fraction of sp³-hybridized carbons (Fsp3) is 0.571. The number of carboxylic acid groups (broad SMARTS) is 1. The molecule has 0 aliphatic heterocycles. The molecule has 2 N–H and O–H groups in total. The summed E-state index contributed by atoms with van der Waals surface area (Å²) in [6, 6.07) is 0. The summed E-state index contributed by atoms with van der Waals surface area (Å²) in [4.78, 5) is 26.0. The number of ether oxygens (including phenoxy) is 2. The van der Waals surface area contributed by atoms with Gasteiger partial charge in [-0.1, -0.05) is 35.6 Å². The summed E-state index contributed by atoms with van der Waals surface area (Å²) >= 11 is 1.37. The minimum absolute atomic E-state index is 0.137. The van der Waals surface area contributed by atoms with Gasteiger partial charge in [0.15, 0.2) is 0 Å². The van der Waals surface area contributed by atoms with E-state index in [4.69, 9.17) is 14.6 Å². The zero-order valence-corrected chi connectivity index (χ0v) is 17.4. The van der Waals surface area contributed by atoms with Crippen molar-refractivity contribution in [2.75, 3.05) is 6.61 Å². The van der Waals surface area contributed by atoms with Gasteiger partial charge in [0.05, 0.1) is 0 Å². The van der Waals surface area contributed by atoms with Gasteiger partial charge in [0.2, 0.25) is 0 Å². The second-order valence-corrected chi connectivity index (χ2v) is 7.96. The third-order valence-electron chi connectivity index (χ3n) is 4.83. The number of carboxylic acids is 1. The molecule has 7 nitrogen and oxygen atoms in total. The highest BCUT2D eigenvalue weighted by atomic mass is 32.1. The number of nitrogens with zero attached hydrogens (tertiary/aromatic N) is 1. The van der Waals surface area contributed by atoms with Gasteiger partial charge in [-0.2, -0.15) is 0 Å². The largest absolute Gasteiger partial charge is 0.481 e. The van der Waals surface area contributed by atoms with Crippen LogP contribution in [0.4, 0.5) is 0 Å². The zero-order valence-electron chi connectivity index (χ0n) is 16.6. The molecule has 1 saturated carbocycles. The van der Waals surface area contributed by atoms with Gasteiger partial charge >= 0.3 is 11.9 Å². The lowest BCUT2D eigenvalue weighted by Gasteiger charge is -2.22. The van der Waals surface area contributed by atoms with Crippen molar-refractivity contribution < 1.29 is 29.3 Å². The summed E-state index contributed by atoms with van der Waals surface area (Å²) in [5.74, 6) is -0.742. The van der Waals surface area contributed by atoms with Crippen LogP contribution in [-0.4, -0.2) is 46.0 Å². The highest BCUT2D eigenvalue weighted by Gasteiger charge is 2.36. The second-order valence-electron chi connectivity index (χ2n) is 7.11. The van der Waals surface area contributed by atoms with Crippen molar-refractivity contribution >= 4 is 23.3 Å².